The summed E-state index contributed by atoms with van der Waals surface area (Å²) >= 11 is 7.12. The van der Waals surface area contributed by atoms with Crippen LogP contribution in [0.15, 0.2) is 30.3 Å². The zero-order chi connectivity index (χ0) is 12.9. The first kappa shape index (κ1) is 14.7. The number of alkyl halides is 2. The largest absolute Gasteiger partial charge is 0.352 e. The molecule has 2 atom stereocenters. The second kappa shape index (κ2) is 6.55. The summed E-state index contributed by atoms with van der Waals surface area (Å²) in [6.45, 7) is 4.88. The third-order valence-electron chi connectivity index (χ3n) is 2.89. The molecule has 4 heteroatoms. The summed E-state index contributed by atoms with van der Waals surface area (Å²) in [4.78, 5) is 11.8. The van der Waals surface area contributed by atoms with Crippen molar-refractivity contribution >= 4 is 37.8 Å². The van der Waals surface area contributed by atoms with E-state index < -0.39 is 0 Å². The molecule has 0 spiro atoms. The van der Waals surface area contributed by atoms with E-state index in [0.717, 1.165) is 5.33 Å². The second-order valence-electron chi connectivity index (χ2n) is 4.39. The van der Waals surface area contributed by atoms with Gasteiger partial charge in [-0.05, 0) is 25.0 Å². The van der Waals surface area contributed by atoms with Gasteiger partial charge in [-0.15, -0.1) is 0 Å². The number of amides is 1. The minimum Gasteiger partial charge on any atom is -0.352 e. The van der Waals surface area contributed by atoms with Gasteiger partial charge in [-0.3, -0.25) is 4.79 Å². The van der Waals surface area contributed by atoms with E-state index in [2.05, 4.69) is 51.0 Å². The van der Waals surface area contributed by atoms with Crippen LogP contribution in [0.1, 0.15) is 24.2 Å². The first-order chi connectivity index (χ1) is 7.97. The molecule has 1 N–H and O–H groups in total. The highest BCUT2D eigenvalue weighted by atomic mass is 79.9. The number of hydrogen-bond donors (Lipinski definition) is 1. The predicted octanol–water partition coefficient (Wildman–Crippen LogP) is 3.60. The van der Waals surface area contributed by atoms with Gasteiger partial charge in [0.15, 0.2) is 0 Å². The van der Waals surface area contributed by atoms with Crippen molar-refractivity contribution in [1.82, 2.24) is 5.32 Å². The minimum atomic E-state index is -0.0182. The van der Waals surface area contributed by atoms with Gasteiger partial charge in [0.2, 0.25) is 0 Å². The Kier molecular flexibility index (Phi) is 5.67. The van der Waals surface area contributed by atoms with Crippen molar-refractivity contribution in [2.75, 3.05) is 11.9 Å². The maximum Gasteiger partial charge on any atom is 0.251 e. The fraction of sp³-hybridized carbons (Fsp3) is 0.462. The van der Waals surface area contributed by atoms with Gasteiger partial charge in [0.25, 0.3) is 5.91 Å². The first-order valence-corrected chi connectivity index (χ1v) is 7.47. The summed E-state index contributed by atoms with van der Waals surface area (Å²) < 4.78 is -0.00301. The highest BCUT2D eigenvalue weighted by molar-refractivity contribution is 9.12. The molecule has 1 aromatic carbocycles. The van der Waals surface area contributed by atoms with Crippen molar-refractivity contribution in [3.05, 3.63) is 35.9 Å². The molecule has 0 bridgehead atoms. The number of hydrogen-bond acceptors (Lipinski definition) is 1. The average Bonchev–Trinajstić information content (AvgIpc) is 2.36. The van der Waals surface area contributed by atoms with E-state index in [1.165, 1.54) is 0 Å². The Morgan fingerprint density at radius 3 is 2.53 bits per heavy atom. The molecule has 1 aromatic rings. The van der Waals surface area contributed by atoms with Crippen LogP contribution in [0.5, 0.6) is 0 Å². The summed E-state index contributed by atoms with van der Waals surface area (Å²) in [5.74, 6) is 0.324. The lowest BCUT2D eigenvalue weighted by Crippen LogP contribution is -2.38. The van der Waals surface area contributed by atoms with Gasteiger partial charge in [0.1, 0.15) is 0 Å². The smallest absolute Gasteiger partial charge is 0.251 e. The van der Waals surface area contributed by atoms with Crippen molar-refractivity contribution in [3.63, 3.8) is 0 Å². The molecular formula is C13H17Br2NO. The van der Waals surface area contributed by atoms with E-state index in [9.17, 15) is 4.79 Å². The van der Waals surface area contributed by atoms with Gasteiger partial charge >= 0.3 is 0 Å². The van der Waals surface area contributed by atoms with Crippen molar-refractivity contribution in [3.8, 4) is 0 Å². The molecule has 0 aliphatic rings. The SMILES string of the molecule is C[C@@H](CNC(=O)c1ccccc1)[C@@](C)(Br)CBr. The molecule has 0 aliphatic carbocycles. The van der Waals surface area contributed by atoms with Crippen molar-refractivity contribution < 1.29 is 4.79 Å². The lowest BCUT2D eigenvalue weighted by molar-refractivity contribution is 0.0946. The van der Waals surface area contributed by atoms with Crippen molar-refractivity contribution in [2.24, 2.45) is 5.92 Å². The summed E-state index contributed by atoms with van der Waals surface area (Å²) in [5, 5.41) is 3.80. The third-order valence-corrected chi connectivity index (χ3v) is 5.87. The topological polar surface area (TPSA) is 29.1 Å². The Morgan fingerprint density at radius 1 is 1.41 bits per heavy atom. The number of carbonyl (C=O) groups excluding carboxylic acids is 1. The van der Waals surface area contributed by atoms with Gasteiger partial charge in [-0.2, -0.15) is 0 Å². The van der Waals surface area contributed by atoms with Gasteiger partial charge in [-0.1, -0.05) is 57.0 Å². The van der Waals surface area contributed by atoms with Gasteiger partial charge in [0.05, 0.1) is 0 Å². The zero-order valence-corrected chi connectivity index (χ0v) is 13.2. The summed E-state index contributed by atoms with van der Waals surface area (Å²) in [6.07, 6.45) is 0. The maximum absolute atomic E-state index is 11.8. The molecule has 1 rings (SSSR count). The molecular weight excluding hydrogens is 346 g/mol. The van der Waals surface area contributed by atoms with E-state index in [1.54, 1.807) is 0 Å². The second-order valence-corrected chi connectivity index (χ2v) is 6.76. The fourth-order valence-electron chi connectivity index (χ4n) is 1.28. The van der Waals surface area contributed by atoms with E-state index in [4.69, 9.17) is 0 Å². The van der Waals surface area contributed by atoms with Gasteiger partial charge in [-0.25, -0.2) is 0 Å². The zero-order valence-electron chi connectivity index (χ0n) is 10.0. The van der Waals surface area contributed by atoms with Crippen molar-refractivity contribution in [1.29, 1.82) is 0 Å². The molecule has 0 aliphatic heterocycles. The van der Waals surface area contributed by atoms with E-state index in [-0.39, 0.29) is 10.2 Å². The highest BCUT2D eigenvalue weighted by Crippen LogP contribution is 2.28. The Labute approximate surface area is 119 Å². The molecule has 94 valence electrons. The van der Waals surface area contributed by atoms with Gasteiger partial charge < -0.3 is 5.32 Å². The normalized spacial score (nSPS) is 16.0. The molecule has 0 aromatic heterocycles. The standard InChI is InChI=1S/C13H17Br2NO/c1-10(13(2,15)9-14)8-16-12(17)11-6-4-3-5-7-11/h3-7,10H,8-9H2,1-2H3,(H,16,17)/t10-,13-/m0/s1. The molecule has 1 amide bonds. The number of nitrogens with one attached hydrogen (secondary N) is 1. The Bertz CT molecular complexity index is 365. The maximum atomic E-state index is 11.8. The summed E-state index contributed by atoms with van der Waals surface area (Å²) in [6, 6.07) is 9.27. The van der Waals surface area contributed by atoms with Crippen LogP contribution in [0.3, 0.4) is 0 Å². The third kappa shape index (κ3) is 4.43. The Morgan fingerprint density at radius 2 is 2.00 bits per heavy atom. The predicted molar refractivity (Wildman–Crippen MR) is 79.1 cm³/mol. The van der Waals surface area contributed by atoms with Crippen LogP contribution in [0, 0.1) is 5.92 Å². The average molecular weight is 363 g/mol. The summed E-state index contributed by atoms with van der Waals surface area (Å²) in [5.41, 5.74) is 0.704. The number of carbonyl (C=O) groups is 1. The van der Waals surface area contributed by atoms with E-state index in [1.807, 2.05) is 30.3 Å². The Hall–Kier alpha value is -0.350. The van der Waals surface area contributed by atoms with Crippen LogP contribution >= 0.6 is 31.9 Å². The Balaban J connectivity index is 2.50. The molecule has 0 fully saturated rings. The van der Waals surface area contributed by atoms with Crippen LogP contribution in [0.4, 0.5) is 0 Å². The summed E-state index contributed by atoms with van der Waals surface area (Å²) in [7, 11) is 0. The number of rotatable bonds is 5. The van der Waals surface area contributed by atoms with Crippen molar-refractivity contribution in [2.45, 2.75) is 18.2 Å². The molecule has 2 nitrogen and oxygen atoms in total. The first-order valence-electron chi connectivity index (χ1n) is 5.55. The van der Waals surface area contributed by atoms with Crippen LogP contribution < -0.4 is 5.32 Å². The van der Waals surface area contributed by atoms with Crippen LogP contribution in [-0.2, 0) is 0 Å². The molecule has 0 saturated carbocycles. The lowest BCUT2D eigenvalue weighted by atomic mass is 9.98. The fourth-order valence-corrected chi connectivity index (χ4v) is 2.00. The monoisotopic (exact) mass is 361 g/mol. The number of halogens is 2. The highest BCUT2D eigenvalue weighted by Gasteiger charge is 2.26. The van der Waals surface area contributed by atoms with Gasteiger partial charge in [0, 0.05) is 21.8 Å². The van der Waals surface area contributed by atoms with Crippen LogP contribution in [0.2, 0.25) is 0 Å². The van der Waals surface area contributed by atoms with Crippen LogP contribution in [-0.4, -0.2) is 22.1 Å². The molecule has 0 unspecified atom stereocenters. The van der Waals surface area contributed by atoms with Crippen LogP contribution in [0.25, 0.3) is 0 Å². The lowest BCUT2D eigenvalue weighted by Gasteiger charge is -2.27. The minimum absolute atomic E-state index is 0.00301. The van der Waals surface area contributed by atoms with E-state index in [0.29, 0.717) is 18.0 Å². The van der Waals surface area contributed by atoms with E-state index >= 15 is 0 Å². The molecule has 0 radical (unpaired) electrons. The molecule has 0 saturated heterocycles. The quantitative estimate of drug-likeness (QED) is 0.796. The number of benzene rings is 1. The molecule has 17 heavy (non-hydrogen) atoms. The molecule has 0 heterocycles.